The average molecular weight is 209 g/mol. The van der Waals surface area contributed by atoms with Gasteiger partial charge >= 0.3 is 0 Å². The number of aliphatic hydroxyl groups is 1. The third-order valence-corrected chi connectivity index (χ3v) is 2.48. The summed E-state index contributed by atoms with van der Waals surface area (Å²) in [4.78, 5) is 13.1. The number of amides is 1. The first-order valence-corrected chi connectivity index (χ1v) is 4.85. The van der Waals surface area contributed by atoms with Crippen molar-refractivity contribution in [3.05, 3.63) is 35.6 Å². The van der Waals surface area contributed by atoms with Crippen molar-refractivity contribution in [3.8, 4) is 0 Å². The number of halogens is 1. The van der Waals surface area contributed by atoms with E-state index in [-0.39, 0.29) is 24.2 Å². The Morgan fingerprint density at radius 3 is 2.53 bits per heavy atom. The van der Waals surface area contributed by atoms with E-state index in [4.69, 9.17) is 5.11 Å². The van der Waals surface area contributed by atoms with Crippen LogP contribution in [0, 0.1) is 5.82 Å². The van der Waals surface area contributed by atoms with Crippen LogP contribution in [0.2, 0.25) is 0 Å². The number of hydrogen-bond donors (Lipinski definition) is 1. The quantitative estimate of drug-likeness (QED) is 0.773. The fourth-order valence-corrected chi connectivity index (χ4v) is 1.55. The zero-order chi connectivity index (χ0) is 10.8. The van der Waals surface area contributed by atoms with Crippen molar-refractivity contribution in [2.45, 2.75) is 12.5 Å². The summed E-state index contributed by atoms with van der Waals surface area (Å²) in [5.41, 5.74) is 0.794. The third kappa shape index (κ3) is 2.33. The summed E-state index contributed by atoms with van der Waals surface area (Å²) in [5, 5.41) is 9.03. The van der Waals surface area contributed by atoms with Gasteiger partial charge in [0.05, 0.1) is 12.5 Å². The molecule has 1 aliphatic rings. The van der Waals surface area contributed by atoms with Crippen molar-refractivity contribution in [2.75, 3.05) is 13.1 Å². The number of rotatable bonds is 2. The van der Waals surface area contributed by atoms with Crippen LogP contribution in [0.3, 0.4) is 0 Å². The molecule has 4 heteroatoms. The molecule has 1 heterocycles. The molecule has 3 nitrogen and oxygen atoms in total. The van der Waals surface area contributed by atoms with Gasteiger partial charge in [0.1, 0.15) is 5.82 Å². The zero-order valence-electron chi connectivity index (χ0n) is 8.19. The highest BCUT2D eigenvalue weighted by Crippen LogP contribution is 2.11. The Morgan fingerprint density at radius 1 is 1.40 bits per heavy atom. The summed E-state index contributed by atoms with van der Waals surface area (Å²) in [6.45, 7) is 0.833. The molecule has 2 rings (SSSR count). The molecule has 0 atom stereocenters. The SMILES string of the molecule is O=C(Cc1ccc(F)cc1)N1CC(O)C1. The van der Waals surface area contributed by atoms with Crippen LogP contribution < -0.4 is 0 Å². The van der Waals surface area contributed by atoms with Crippen molar-refractivity contribution < 1.29 is 14.3 Å². The molecule has 0 spiro atoms. The van der Waals surface area contributed by atoms with Crippen LogP contribution in [0.1, 0.15) is 5.56 Å². The van der Waals surface area contributed by atoms with Gasteiger partial charge in [-0.1, -0.05) is 12.1 Å². The molecule has 0 bridgehead atoms. The van der Waals surface area contributed by atoms with Gasteiger partial charge in [0, 0.05) is 13.1 Å². The first-order valence-electron chi connectivity index (χ1n) is 4.85. The molecule has 0 saturated carbocycles. The van der Waals surface area contributed by atoms with Gasteiger partial charge in [-0.3, -0.25) is 4.79 Å². The van der Waals surface area contributed by atoms with E-state index in [1.807, 2.05) is 0 Å². The summed E-state index contributed by atoms with van der Waals surface area (Å²) in [5.74, 6) is -0.322. The van der Waals surface area contributed by atoms with Crippen LogP contribution in [0.25, 0.3) is 0 Å². The lowest BCUT2D eigenvalue weighted by atomic mass is 10.1. The summed E-state index contributed by atoms with van der Waals surface area (Å²) in [6, 6.07) is 5.88. The Balaban J connectivity index is 1.91. The molecule has 1 N–H and O–H groups in total. The second-order valence-corrected chi connectivity index (χ2v) is 3.76. The van der Waals surface area contributed by atoms with Gasteiger partial charge in [-0.05, 0) is 17.7 Å². The van der Waals surface area contributed by atoms with Gasteiger partial charge in [0.2, 0.25) is 5.91 Å². The average Bonchev–Trinajstić information content (AvgIpc) is 2.17. The molecular formula is C11H12FNO2. The standard InChI is InChI=1S/C11H12FNO2/c12-9-3-1-8(2-4-9)5-11(15)13-6-10(14)7-13/h1-4,10,14H,5-7H2. The summed E-state index contributed by atoms with van der Waals surface area (Å²) >= 11 is 0. The van der Waals surface area contributed by atoms with Crippen molar-refractivity contribution in [1.82, 2.24) is 4.90 Å². The van der Waals surface area contributed by atoms with E-state index in [0.29, 0.717) is 13.1 Å². The maximum Gasteiger partial charge on any atom is 0.227 e. The number of benzene rings is 1. The van der Waals surface area contributed by atoms with Gasteiger partial charge in [-0.25, -0.2) is 4.39 Å². The molecule has 80 valence electrons. The number of hydrogen-bond acceptors (Lipinski definition) is 2. The number of likely N-dealkylation sites (tertiary alicyclic amines) is 1. The number of aliphatic hydroxyl groups excluding tert-OH is 1. The number of carbonyl (C=O) groups excluding carboxylic acids is 1. The molecule has 0 unspecified atom stereocenters. The minimum atomic E-state index is -0.373. The van der Waals surface area contributed by atoms with Gasteiger partial charge in [0.15, 0.2) is 0 Å². The molecule has 1 aromatic carbocycles. The number of carbonyl (C=O) groups is 1. The minimum absolute atomic E-state index is 0.0214. The largest absolute Gasteiger partial charge is 0.389 e. The molecule has 1 aliphatic heterocycles. The highest BCUT2D eigenvalue weighted by molar-refractivity contribution is 5.79. The van der Waals surface area contributed by atoms with Gasteiger partial charge in [-0.2, -0.15) is 0 Å². The molecular weight excluding hydrogens is 197 g/mol. The van der Waals surface area contributed by atoms with Gasteiger partial charge < -0.3 is 10.0 Å². The highest BCUT2D eigenvalue weighted by atomic mass is 19.1. The number of β-amino-alcohol motifs (C(OH)–C–C–N with tert-alkyl or cyclic N) is 1. The van der Waals surface area contributed by atoms with Crippen LogP contribution in [-0.4, -0.2) is 35.1 Å². The van der Waals surface area contributed by atoms with Crippen LogP contribution in [0.15, 0.2) is 24.3 Å². The Hall–Kier alpha value is -1.42. The summed E-state index contributed by atoms with van der Waals surface area (Å²) < 4.78 is 12.6. The van der Waals surface area contributed by atoms with E-state index in [1.165, 1.54) is 12.1 Å². The lowest BCUT2D eigenvalue weighted by molar-refractivity contribution is -0.140. The maximum atomic E-state index is 12.6. The van der Waals surface area contributed by atoms with Crippen molar-refractivity contribution in [3.63, 3.8) is 0 Å². The highest BCUT2D eigenvalue weighted by Gasteiger charge is 2.28. The van der Waals surface area contributed by atoms with Crippen molar-refractivity contribution in [2.24, 2.45) is 0 Å². The fourth-order valence-electron chi connectivity index (χ4n) is 1.55. The Bertz CT molecular complexity index is 357. The molecule has 1 amide bonds. The molecule has 0 aromatic heterocycles. The van der Waals surface area contributed by atoms with Crippen molar-refractivity contribution >= 4 is 5.91 Å². The van der Waals surface area contributed by atoms with E-state index < -0.39 is 0 Å². The minimum Gasteiger partial charge on any atom is -0.389 e. The Labute approximate surface area is 87.1 Å². The second-order valence-electron chi connectivity index (χ2n) is 3.76. The Kier molecular flexibility index (Phi) is 2.68. The predicted octanol–water partition coefficient (Wildman–Crippen LogP) is 0.571. The monoisotopic (exact) mass is 209 g/mol. The summed E-state index contributed by atoms with van der Waals surface area (Å²) in [6.07, 6.45) is -0.102. The molecule has 15 heavy (non-hydrogen) atoms. The predicted molar refractivity (Wildman–Crippen MR) is 52.7 cm³/mol. The normalized spacial score (nSPS) is 16.3. The smallest absolute Gasteiger partial charge is 0.227 e. The van der Waals surface area contributed by atoms with Crippen LogP contribution in [0.4, 0.5) is 4.39 Å². The third-order valence-electron chi connectivity index (χ3n) is 2.48. The lowest BCUT2D eigenvalue weighted by Crippen LogP contribution is -2.53. The van der Waals surface area contributed by atoms with Gasteiger partial charge in [0.25, 0.3) is 0 Å². The van der Waals surface area contributed by atoms with Crippen LogP contribution in [0.5, 0.6) is 0 Å². The van der Waals surface area contributed by atoms with E-state index in [0.717, 1.165) is 5.56 Å². The van der Waals surface area contributed by atoms with Crippen LogP contribution in [-0.2, 0) is 11.2 Å². The van der Waals surface area contributed by atoms with Gasteiger partial charge in [-0.15, -0.1) is 0 Å². The fraction of sp³-hybridized carbons (Fsp3) is 0.364. The maximum absolute atomic E-state index is 12.6. The molecule has 0 aliphatic carbocycles. The topological polar surface area (TPSA) is 40.5 Å². The van der Waals surface area contributed by atoms with E-state index >= 15 is 0 Å². The molecule has 0 radical (unpaired) electrons. The molecule has 1 fully saturated rings. The van der Waals surface area contributed by atoms with Crippen LogP contribution >= 0.6 is 0 Å². The zero-order valence-corrected chi connectivity index (χ0v) is 8.19. The second kappa shape index (κ2) is 3.98. The van der Waals surface area contributed by atoms with E-state index in [1.54, 1.807) is 17.0 Å². The van der Waals surface area contributed by atoms with E-state index in [9.17, 15) is 9.18 Å². The first kappa shape index (κ1) is 10.1. The molecule has 1 saturated heterocycles. The lowest BCUT2D eigenvalue weighted by Gasteiger charge is -2.35. The first-order chi connectivity index (χ1) is 7.15. The van der Waals surface area contributed by atoms with Crippen molar-refractivity contribution in [1.29, 1.82) is 0 Å². The molecule has 1 aromatic rings. The summed E-state index contributed by atoms with van der Waals surface area (Å²) in [7, 11) is 0. The number of nitrogens with zero attached hydrogens (tertiary/aromatic N) is 1. The Morgan fingerprint density at radius 2 is 2.00 bits per heavy atom. The van der Waals surface area contributed by atoms with E-state index in [2.05, 4.69) is 0 Å².